The Labute approximate surface area is 123 Å². The average molecular weight is 282 g/mol. The van der Waals surface area contributed by atoms with E-state index in [4.69, 9.17) is 9.15 Å². The monoisotopic (exact) mass is 282 g/mol. The topological polar surface area (TPSA) is 37.6 Å². The second kappa shape index (κ2) is 9.97. The lowest BCUT2D eigenvalue weighted by molar-refractivity contribution is 0.110. The van der Waals surface area contributed by atoms with E-state index in [0.29, 0.717) is 5.92 Å². The van der Waals surface area contributed by atoms with Crippen LogP contribution in [0, 0.1) is 5.92 Å². The zero-order valence-electron chi connectivity index (χ0n) is 13.4. The normalized spacial score (nSPS) is 11.7. The van der Waals surface area contributed by atoms with Crippen molar-refractivity contribution in [1.29, 1.82) is 0 Å². The number of nitrogens with one attached hydrogen (secondary N) is 1. The summed E-state index contributed by atoms with van der Waals surface area (Å²) in [6.45, 7) is 14.8. The van der Waals surface area contributed by atoms with Crippen LogP contribution in [0.15, 0.2) is 16.5 Å². The maximum absolute atomic E-state index is 5.86. The van der Waals surface area contributed by atoms with Gasteiger partial charge >= 0.3 is 0 Å². The van der Waals surface area contributed by atoms with E-state index in [1.807, 2.05) is 6.92 Å². The SMILES string of the molecule is CCOCCN(CC)Cc1ccc(CNCC(C)C)o1. The van der Waals surface area contributed by atoms with Crippen LogP contribution < -0.4 is 5.32 Å². The Morgan fingerprint density at radius 1 is 1.25 bits per heavy atom. The van der Waals surface area contributed by atoms with Gasteiger partial charge in [-0.2, -0.15) is 0 Å². The summed E-state index contributed by atoms with van der Waals surface area (Å²) in [5.74, 6) is 2.71. The Morgan fingerprint density at radius 3 is 2.65 bits per heavy atom. The summed E-state index contributed by atoms with van der Waals surface area (Å²) >= 11 is 0. The number of hydrogen-bond acceptors (Lipinski definition) is 4. The van der Waals surface area contributed by atoms with Crippen molar-refractivity contribution in [3.63, 3.8) is 0 Å². The molecule has 116 valence electrons. The highest BCUT2D eigenvalue weighted by Gasteiger charge is 2.08. The molecule has 0 saturated heterocycles. The Morgan fingerprint density at radius 2 is 2.00 bits per heavy atom. The summed E-state index contributed by atoms with van der Waals surface area (Å²) in [5.41, 5.74) is 0. The van der Waals surface area contributed by atoms with Crippen LogP contribution in [0.1, 0.15) is 39.2 Å². The molecule has 0 saturated carbocycles. The minimum Gasteiger partial charge on any atom is -0.463 e. The van der Waals surface area contributed by atoms with Crippen molar-refractivity contribution >= 4 is 0 Å². The van der Waals surface area contributed by atoms with E-state index in [-0.39, 0.29) is 0 Å². The van der Waals surface area contributed by atoms with E-state index in [0.717, 1.165) is 57.5 Å². The van der Waals surface area contributed by atoms with Gasteiger partial charge < -0.3 is 14.5 Å². The van der Waals surface area contributed by atoms with Crippen molar-refractivity contribution in [3.05, 3.63) is 23.7 Å². The molecule has 0 unspecified atom stereocenters. The van der Waals surface area contributed by atoms with Gasteiger partial charge in [0, 0.05) is 13.2 Å². The first-order valence-corrected chi connectivity index (χ1v) is 7.74. The first kappa shape index (κ1) is 17.2. The first-order valence-electron chi connectivity index (χ1n) is 7.74. The molecule has 1 N–H and O–H groups in total. The molecular formula is C16H30N2O2. The third-order valence-corrected chi connectivity index (χ3v) is 3.15. The molecule has 0 fully saturated rings. The van der Waals surface area contributed by atoms with Gasteiger partial charge in [0.25, 0.3) is 0 Å². The molecule has 4 heteroatoms. The first-order chi connectivity index (χ1) is 9.65. The molecule has 0 spiro atoms. The summed E-state index contributed by atoms with van der Waals surface area (Å²) in [5, 5.41) is 3.40. The summed E-state index contributed by atoms with van der Waals surface area (Å²) < 4.78 is 11.3. The van der Waals surface area contributed by atoms with Crippen LogP contribution in [-0.4, -0.2) is 37.7 Å². The number of rotatable bonds is 11. The van der Waals surface area contributed by atoms with E-state index >= 15 is 0 Å². The van der Waals surface area contributed by atoms with Gasteiger partial charge in [0.1, 0.15) is 11.5 Å². The summed E-state index contributed by atoms with van der Waals surface area (Å²) in [4.78, 5) is 2.33. The van der Waals surface area contributed by atoms with E-state index in [9.17, 15) is 0 Å². The minimum atomic E-state index is 0.665. The van der Waals surface area contributed by atoms with Crippen LogP contribution in [0.2, 0.25) is 0 Å². The predicted molar refractivity (Wildman–Crippen MR) is 82.7 cm³/mol. The molecule has 0 aliphatic carbocycles. The Kier molecular flexibility index (Phi) is 8.58. The number of hydrogen-bond donors (Lipinski definition) is 1. The number of ether oxygens (including phenoxy) is 1. The van der Waals surface area contributed by atoms with Crippen LogP contribution >= 0.6 is 0 Å². The van der Waals surface area contributed by atoms with Gasteiger partial charge in [0.2, 0.25) is 0 Å². The van der Waals surface area contributed by atoms with Crippen molar-refractivity contribution in [3.8, 4) is 0 Å². The fourth-order valence-electron chi connectivity index (χ4n) is 1.99. The number of likely N-dealkylation sites (N-methyl/N-ethyl adjacent to an activating group) is 1. The zero-order chi connectivity index (χ0) is 14.8. The molecule has 0 aromatic carbocycles. The number of furan rings is 1. The van der Waals surface area contributed by atoms with Gasteiger partial charge in [0.05, 0.1) is 19.7 Å². The highest BCUT2D eigenvalue weighted by Crippen LogP contribution is 2.10. The van der Waals surface area contributed by atoms with Gasteiger partial charge in [0.15, 0.2) is 0 Å². The quantitative estimate of drug-likeness (QED) is 0.633. The number of nitrogens with zero attached hydrogens (tertiary/aromatic N) is 1. The maximum atomic E-state index is 5.86. The fraction of sp³-hybridized carbons (Fsp3) is 0.750. The lowest BCUT2D eigenvalue weighted by Crippen LogP contribution is -2.26. The third kappa shape index (κ3) is 7.08. The van der Waals surface area contributed by atoms with Gasteiger partial charge in [-0.05, 0) is 38.1 Å². The molecule has 0 radical (unpaired) electrons. The van der Waals surface area contributed by atoms with Crippen LogP contribution in [0.4, 0.5) is 0 Å². The largest absolute Gasteiger partial charge is 0.463 e. The van der Waals surface area contributed by atoms with Crippen LogP contribution in [0.3, 0.4) is 0 Å². The van der Waals surface area contributed by atoms with Crippen molar-refractivity contribution in [1.82, 2.24) is 10.2 Å². The predicted octanol–water partition coefficient (Wildman–Crippen LogP) is 2.88. The van der Waals surface area contributed by atoms with E-state index < -0.39 is 0 Å². The average Bonchev–Trinajstić information content (AvgIpc) is 2.85. The van der Waals surface area contributed by atoms with Crippen molar-refractivity contribution in [2.75, 3.05) is 32.8 Å². The zero-order valence-corrected chi connectivity index (χ0v) is 13.4. The summed E-state index contributed by atoms with van der Waals surface area (Å²) in [6.07, 6.45) is 0. The molecule has 0 aliphatic heterocycles. The standard InChI is InChI=1S/C16H30N2O2/c1-5-18(9-10-19-6-2)13-16-8-7-15(20-16)12-17-11-14(3)4/h7-8,14,17H,5-6,9-13H2,1-4H3. The molecule has 0 bridgehead atoms. The molecule has 1 aromatic rings. The molecule has 1 aromatic heterocycles. The Bertz CT molecular complexity index is 350. The van der Waals surface area contributed by atoms with Gasteiger partial charge in [-0.3, -0.25) is 4.90 Å². The van der Waals surface area contributed by atoms with Crippen molar-refractivity contribution in [2.24, 2.45) is 5.92 Å². The van der Waals surface area contributed by atoms with Gasteiger partial charge in [-0.1, -0.05) is 20.8 Å². The molecule has 1 rings (SSSR count). The molecule has 0 aliphatic rings. The molecule has 0 amide bonds. The van der Waals surface area contributed by atoms with Gasteiger partial charge in [-0.25, -0.2) is 0 Å². The Hall–Kier alpha value is -0.840. The highest BCUT2D eigenvalue weighted by molar-refractivity contribution is 5.07. The molecule has 4 nitrogen and oxygen atoms in total. The fourth-order valence-corrected chi connectivity index (χ4v) is 1.99. The van der Waals surface area contributed by atoms with Crippen molar-refractivity contribution in [2.45, 2.75) is 40.8 Å². The summed E-state index contributed by atoms with van der Waals surface area (Å²) in [6, 6.07) is 4.15. The molecule has 1 heterocycles. The highest BCUT2D eigenvalue weighted by atomic mass is 16.5. The second-order valence-corrected chi connectivity index (χ2v) is 5.46. The Balaban J connectivity index is 2.33. The van der Waals surface area contributed by atoms with Crippen molar-refractivity contribution < 1.29 is 9.15 Å². The maximum Gasteiger partial charge on any atom is 0.118 e. The lowest BCUT2D eigenvalue weighted by atomic mass is 10.2. The minimum absolute atomic E-state index is 0.665. The van der Waals surface area contributed by atoms with Crippen LogP contribution in [0.25, 0.3) is 0 Å². The second-order valence-electron chi connectivity index (χ2n) is 5.46. The lowest BCUT2D eigenvalue weighted by Gasteiger charge is -2.18. The van der Waals surface area contributed by atoms with E-state index in [1.54, 1.807) is 0 Å². The third-order valence-electron chi connectivity index (χ3n) is 3.15. The molecular weight excluding hydrogens is 252 g/mol. The van der Waals surface area contributed by atoms with Crippen LogP contribution in [-0.2, 0) is 17.8 Å². The summed E-state index contributed by atoms with van der Waals surface area (Å²) in [7, 11) is 0. The smallest absolute Gasteiger partial charge is 0.118 e. The molecule has 0 atom stereocenters. The van der Waals surface area contributed by atoms with E-state index in [2.05, 4.69) is 43.1 Å². The van der Waals surface area contributed by atoms with Gasteiger partial charge in [-0.15, -0.1) is 0 Å². The van der Waals surface area contributed by atoms with Crippen LogP contribution in [0.5, 0.6) is 0 Å². The van der Waals surface area contributed by atoms with E-state index in [1.165, 1.54) is 0 Å². The molecule has 20 heavy (non-hydrogen) atoms.